The summed E-state index contributed by atoms with van der Waals surface area (Å²) < 4.78 is 5.13. The van der Waals surface area contributed by atoms with E-state index in [1.54, 1.807) is 31.4 Å². The topological polar surface area (TPSA) is 87.3 Å². The molecule has 26 heavy (non-hydrogen) atoms. The van der Waals surface area contributed by atoms with Crippen LogP contribution in [0.3, 0.4) is 0 Å². The van der Waals surface area contributed by atoms with Crippen LogP contribution in [0.2, 0.25) is 0 Å². The smallest absolute Gasteiger partial charge is 0.252 e. The SMILES string of the molecule is COc1cccc(C(=O)NCc2cc(=O)[nH]c(N3CCC(C)CC3)n2)c1. The van der Waals surface area contributed by atoms with E-state index in [0.717, 1.165) is 25.9 Å². The molecule has 7 nitrogen and oxygen atoms in total. The van der Waals surface area contributed by atoms with E-state index >= 15 is 0 Å². The minimum atomic E-state index is -0.237. The van der Waals surface area contributed by atoms with Gasteiger partial charge in [0.25, 0.3) is 11.5 Å². The fourth-order valence-electron chi connectivity index (χ4n) is 2.99. The minimum Gasteiger partial charge on any atom is -0.497 e. The first-order valence-corrected chi connectivity index (χ1v) is 8.82. The van der Waals surface area contributed by atoms with E-state index in [2.05, 4.69) is 27.1 Å². The van der Waals surface area contributed by atoms with Crippen LogP contribution in [0.5, 0.6) is 5.75 Å². The molecule has 1 aromatic heterocycles. The van der Waals surface area contributed by atoms with Gasteiger partial charge in [-0.15, -0.1) is 0 Å². The largest absolute Gasteiger partial charge is 0.497 e. The number of carbonyl (C=O) groups excluding carboxylic acids is 1. The fraction of sp³-hybridized carbons (Fsp3) is 0.421. The van der Waals surface area contributed by atoms with Crippen molar-refractivity contribution in [2.45, 2.75) is 26.3 Å². The summed E-state index contributed by atoms with van der Waals surface area (Å²) in [6, 6.07) is 8.34. The van der Waals surface area contributed by atoms with Gasteiger partial charge in [-0.1, -0.05) is 13.0 Å². The summed E-state index contributed by atoms with van der Waals surface area (Å²) in [7, 11) is 1.56. The maximum absolute atomic E-state index is 12.3. The quantitative estimate of drug-likeness (QED) is 0.855. The molecular weight excluding hydrogens is 332 g/mol. The zero-order chi connectivity index (χ0) is 18.5. The second kappa shape index (κ2) is 8.03. The van der Waals surface area contributed by atoms with Crippen LogP contribution in [-0.2, 0) is 6.54 Å². The number of aromatic amines is 1. The monoisotopic (exact) mass is 356 g/mol. The molecule has 1 aliphatic heterocycles. The number of rotatable bonds is 5. The molecule has 0 aliphatic carbocycles. The van der Waals surface area contributed by atoms with Crippen molar-refractivity contribution in [1.82, 2.24) is 15.3 Å². The molecule has 138 valence electrons. The number of carbonyl (C=O) groups is 1. The standard InChI is InChI=1S/C19H24N4O3/c1-13-6-8-23(9-7-13)19-21-15(11-17(24)22-19)12-20-18(25)14-4-3-5-16(10-14)26-2/h3-5,10-11,13H,6-9,12H2,1-2H3,(H,20,25)(H,21,22,24). The number of ether oxygens (including phenoxy) is 1. The van der Waals surface area contributed by atoms with Crippen LogP contribution in [0.25, 0.3) is 0 Å². The third-order valence-corrected chi connectivity index (χ3v) is 4.63. The van der Waals surface area contributed by atoms with Gasteiger partial charge in [0, 0.05) is 24.7 Å². The van der Waals surface area contributed by atoms with Gasteiger partial charge in [-0.2, -0.15) is 0 Å². The second-order valence-electron chi connectivity index (χ2n) is 6.64. The molecule has 0 atom stereocenters. The Bertz CT molecular complexity index is 826. The summed E-state index contributed by atoms with van der Waals surface area (Å²) in [5.74, 6) is 1.66. The van der Waals surface area contributed by atoms with Crippen LogP contribution in [0.4, 0.5) is 5.95 Å². The van der Waals surface area contributed by atoms with Crippen LogP contribution in [0.1, 0.15) is 35.8 Å². The summed E-state index contributed by atoms with van der Waals surface area (Å²) in [4.78, 5) is 33.7. The maximum atomic E-state index is 12.3. The lowest BCUT2D eigenvalue weighted by Crippen LogP contribution is -2.35. The number of nitrogens with zero attached hydrogens (tertiary/aromatic N) is 2. The van der Waals surface area contributed by atoms with Crippen molar-refractivity contribution in [3.8, 4) is 5.75 Å². The van der Waals surface area contributed by atoms with Crippen molar-refractivity contribution in [2.24, 2.45) is 5.92 Å². The number of hydrogen-bond acceptors (Lipinski definition) is 5. The molecule has 0 radical (unpaired) electrons. The van der Waals surface area contributed by atoms with Gasteiger partial charge in [-0.05, 0) is 37.0 Å². The van der Waals surface area contributed by atoms with Crippen LogP contribution in [0, 0.1) is 5.92 Å². The predicted octanol–water partition coefficient (Wildman–Crippen LogP) is 1.94. The minimum absolute atomic E-state index is 0.192. The van der Waals surface area contributed by atoms with Gasteiger partial charge in [0.15, 0.2) is 0 Å². The van der Waals surface area contributed by atoms with Crippen LogP contribution >= 0.6 is 0 Å². The molecule has 2 aromatic rings. The third-order valence-electron chi connectivity index (χ3n) is 4.63. The number of hydrogen-bond donors (Lipinski definition) is 2. The van der Waals surface area contributed by atoms with E-state index in [0.29, 0.717) is 28.9 Å². The van der Waals surface area contributed by atoms with Gasteiger partial charge in [0.2, 0.25) is 5.95 Å². The van der Waals surface area contributed by atoms with E-state index in [-0.39, 0.29) is 18.0 Å². The molecule has 3 rings (SSSR count). The summed E-state index contributed by atoms with van der Waals surface area (Å²) in [5.41, 5.74) is 0.831. The molecule has 1 amide bonds. The van der Waals surface area contributed by atoms with Crippen LogP contribution in [-0.4, -0.2) is 36.1 Å². The zero-order valence-corrected chi connectivity index (χ0v) is 15.1. The Balaban J connectivity index is 1.68. The third kappa shape index (κ3) is 4.41. The van der Waals surface area contributed by atoms with E-state index in [9.17, 15) is 9.59 Å². The normalized spacial score (nSPS) is 14.9. The molecule has 1 saturated heterocycles. The highest BCUT2D eigenvalue weighted by Crippen LogP contribution is 2.19. The van der Waals surface area contributed by atoms with Crippen molar-refractivity contribution in [3.05, 3.63) is 51.9 Å². The second-order valence-corrected chi connectivity index (χ2v) is 6.64. The molecule has 2 heterocycles. The summed E-state index contributed by atoms with van der Waals surface area (Å²) in [5, 5.41) is 2.80. The molecule has 0 spiro atoms. The highest BCUT2D eigenvalue weighted by Gasteiger charge is 2.18. The number of benzene rings is 1. The number of nitrogens with one attached hydrogen (secondary N) is 2. The molecule has 2 N–H and O–H groups in total. The first-order valence-electron chi connectivity index (χ1n) is 8.82. The van der Waals surface area contributed by atoms with Crippen molar-refractivity contribution < 1.29 is 9.53 Å². The Morgan fingerprint density at radius 1 is 1.35 bits per heavy atom. The van der Waals surface area contributed by atoms with Gasteiger partial charge in [0.1, 0.15) is 5.75 Å². The maximum Gasteiger partial charge on any atom is 0.252 e. The van der Waals surface area contributed by atoms with Gasteiger partial charge >= 0.3 is 0 Å². The molecule has 0 saturated carbocycles. The van der Waals surface area contributed by atoms with Crippen LogP contribution in [0.15, 0.2) is 35.1 Å². The van der Waals surface area contributed by atoms with Crippen molar-refractivity contribution in [2.75, 3.05) is 25.1 Å². The Kier molecular flexibility index (Phi) is 5.55. The summed E-state index contributed by atoms with van der Waals surface area (Å²) in [6.07, 6.45) is 2.17. The van der Waals surface area contributed by atoms with E-state index < -0.39 is 0 Å². The Hall–Kier alpha value is -2.83. The number of methoxy groups -OCH3 is 1. The van der Waals surface area contributed by atoms with Gasteiger partial charge < -0.3 is 15.0 Å². The summed E-state index contributed by atoms with van der Waals surface area (Å²) >= 11 is 0. The summed E-state index contributed by atoms with van der Waals surface area (Å²) in [6.45, 7) is 4.18. The Morgan fingerprint density at radius 3 is 2.85 bits per heavy atom. The molecule has 1 aromatic carbocycles. The zero-order valence-electron chi connectivity index (χ0n) is 15.1. The van der Waals surface area contributed by atoms with E-state index in [1.807, 2.05) is 0 Å². The average Bonchev–Trinajstić information content (AvgIpc) is 2.66. The van der Waals surface area contributed by atoms with Gasteiger partial charge in [0.05, 0.1) is 19.3 Å². The lowest BCUT2D eigenvalue weighted by Gasteiger charge is -2.30. The van der Waals surface area contributed by atoms with Crippen LogP contribution < -0.4 is 20.5 Å². The average molecular weight is 356 g/mol. The van der Waals surface area contributed by atoms with E-state index in [1.165, 1.54) is 6.07 Å². The Morgan fingerprint density at radius 2 is 2.12 bits per heavy atom. The molecule has 7 heteroatoms. The molecular formula is C19H24N4O3. The first-order chi connectivity index (χ1) is 12.5. The number of aromatic nitrogens is 2. The van der Waals surface area contributed by atoms with Gasteiger partial charge in [-0.25, -0.2) is 4.98 Å². The molecule has 1 fully saturated rings. The lowest BCUT2D eigenvalue weighted by molar-refractivity contribution is 0.0950. The molecule has 1 aliphatic rings. The Labute approximate surface area is 152 Å². The highest BCUT2D eigenvalue weighted by atomic mass is 16.5. The number of piperidine rings is 1. The van der Waals surface area contributed by atoms with E-state index in [4.69, 9.17) is 4.74 Å². The van der Waals surface area contributed by atoms with Crippen molar-refractivity contribution in [3.63, 3.8) is 0 Å². The highest BCUT2D eigenvalue weighted by molar-refractivity contribution is 5.94. The number of H-pyrrole nitrogens is 1. The first kappa shape index (κ1) is 18.0. The molecule has 0 unspecified atom stereocenters. The predicted molar refractivity (Wildman–Crippen MR) is 99.6 cm³/mol. The number of amides is 1. The molecule has 0 bridgehead atoms. The number of anilines is 1. The van der Waals surface area contributed by atoms with Crippen molar-refractivity contribution >= 4 is 11.9 Å². The fourth-order valence-corrected chi connectivity index (χ4v) is 2.99. The van der Waals surface area contributed by atoms with Crippen molar-refractivity contribution in [1.29, 1.82) is 0 Å². The van der Waals surface area contributed by atoms with Gasteiger partial charge in [-0.3, -0.25) is 14.6 Å². The lowest BCUT2D eigenvalue weighted by atomic mass is 10.00.